The number of nitrogens with two attached hydrogens (primary N) is 1. The zero-order valence-electron chi connectivity index (χ0n) is 12.6. The van der Waals surface area contributed by atoms with Gasteiger partial charge in [-0.05, 0) is 36.5 Å². The lowest BCUT2D eigenvalue weighted by atomic mass is 9.87. The molecule has 4 heteroatoms. The van der Waals surface area contributed by atoms with Crippen LogP contribution in [0.5, 0.6) is 11.5 Å². The van der Waals surface area contributed by atoms with Crippen LogP contribution in [0.15, 0.2) is 18.2 Å². The highest BCUT2D eigenvalue weighted by atomic mass is 16.5. The lowest BCUT2D eigenvalue weighted by Crippen LogP contribution is -2.33. The quantitative estimate of drug-likeness (QED) is 0.509. The number of fused-ring (bicyclic) bond motifs is 1. The maximum atomic E-state index is 5.87. The molecule has 1 aliphatic carbocycles. The maximum absolute atomic E-state index is 5.87. The summed E-state index contributed by atoms with van der Waals surface area (Å²) in [6.45, 7) is 1.45. The minimum absolute atomic E-state index is 0.209. The fourth-order valence-electron chi connectivity index (χ4n) is 3.52. The van der Waals surface area contributed by atoms with E-state index in [0.29, 0.717) is 5.92 Å². The van der Waals surface area contributed by atoms with Crippen molar-refractivity contribution in [1.29, 1.82) is 0 Å². The average molecular weight is 290 g/mol. The minimum atomic E-state index is 0.209. The van der Waals surface area contributed by atoms with Crippen molar-refractivity contribution in [3.05, 3.63) is 23.8 Å². The summed E-state index contributed by atoms with van der Waals surface area (Å²) in [6.07, 6.45) is 8.78. The van der Waals surface area contributed by atoms with Crippen LogP contribution < -0.4 is 20.7 Å². The van der Waals surface area contributed by atoms with E-state index in [-0.39, 0.29) is 6.04 Å². The highest BCUT2D eigenvalue weighted by Gasteiger charge is 2.24. The molecule has 21 heavy (non-hydrogen) atoms. The predicted octanol–water partition coefficient (Wildman–Crippen LogP) is 3.32. The second-order valence-corrected chi connectivity index (χ2v) is 6.15. The molecule has 1 fully saturated rings. The standard InChI is InChI=1S/C17H26N2O2/c18-19-17(13-6-3-1-2-4-7-13)14-8-9-15-16(12-14)21-11-5-10-20-15/h8-9,12-13,17,19H,1-7,10-11,18H2. The van der Waals surface area contributed by atoms with Gasteiger partial charge < -0.3 is 9.47 Å². The number of rotatable bonds is 3. The average Bonchev–Trinajstić information content (AvgIpc) is 2.90. The van der Waals surface area contributed by atoms with Crippen LogP contribution in [0.25, 0.3) is 0 Å². The van der Waals surface area contributed by atoms with Gasteiger partial charge in [0.25, 0.3) is 0 Å². The number of benzene rings is 1. The van der Waals surface area contributed by atoms with E-state index in [1.165, 1.54) is 44.1 Å². The first-order valence-corrected chi connectivity index (χ1v) is 8.24. The molecule has 1 unspecified atom stereocenters. The van der Waals surface area contributed by atoms with Gasteiger partial charge in [0.05, 0.1) is 13.2 Å². The van der Waals surface area contributed by atoms with Gasteiger partial charge in [-0.3, -0.25) is 11.3 Å². The van der Waals surface area contributed by atoms with Crippen molar-refractivity contribution >= 4 is 0 Å². The Morgan fingerprint density at radius 3 is 2.38 bits per heavy atom. The van der Waals surface area contributed by atoms with Gasteiger partial charge in [-0.15, -0.1) is 0 Å². The van der Waals surface area contributed by atoms with Gasteiger partial charge >= 0.3 is 0 Å². The zero-order chi connectivity index (χ0) is 14.5. The molecule has 2 aliphatic rings. The molecule has 0 radical (unpaired) electrons. The molecule has 0 bridgehead atoms. The molecule has 0 aromatic heterocycles. The van der Waals surface area contributed by atoms with Crippen molar-refractivity contribution in [3.8, 4) is 11.5 Å². The Balaban J connectivity index is 1.81. The Kier molecular flexibility index (Phi) is 4.99. The molecule has 0 spiro atoms. The van der Waals surface area contributed by atoms with Crippen LogP contribution in [-0.4, -0.2) is 13.2 Å². The van der Waals surface area contributed by atoms with Crippen molar-refractivity contribution in [2.24, 2.45) is 11.8 Å². The summed E-state index contributed by atoms with van der Waals surface area (Å²) in [6, 6.07) is 6.47. The molecule has 1 atom stereocenters. The second-order valence-electron chi connectivity index (χ2n) is 6.15. The summed E-state index contributed by atoms with van der Waals surface area (Å²) < 4.78 is 11.5. The number of ether oxygens (including phenoxy) is 2. The van der Waals surface area contributed by atoms with Crippen LogP contribution in [-0.2, 0) is 0 Å². The largest absolute Gasteiger partial charge is 0.490 e. The minimum Gasteiger partial charge on any atom is -0.490 e. The SMILES string of the molecule is NNC(c1ccc2c(c1)OCCCO2)C1CCCCCC1. The maximum Gasteiger partial charge on any atom is 0.161 e. The summed E-state index contributed by atoms with van der Waals surface area (Å²) >= 11 is 0. The van der Waals surface area contributed by atoms with Crippen molar-refractivity contribution < 1.29 is 9.47 Å². The van der Waals surface area contributed by atoms with Crippen molar-refractivity contribution in [3.63, 3.8) is 0 Å². The second kappa shape index (κ2) is 7.14. The van der Waals surface area contributed by atoms with Crippen molar-refractivity contribution in [2.45, 2.75) is 51.0 Å². The molecule has 3 rings (SSSR count). The fourth-order valence-corrected chi connectivity index (χ4v) is 3.52. The van der Waals surface area contributed by atoms with E-state index in [0.717, 1.165) is 31.1 Å². The number of hydrogen-bond donors (Lipinski definition) is 2. The Labute approximate surface area is 127 Å². The monoisotopic (exact) mass is 290 g/mol. The van der Waals surface area contributed by atoms with Crippen molar-refractivity contribution in [1.82, 2.24) is 5.43 Å². The number of nitrogens with one attached hydrogen (secondary N) is 1. The first-order valence-electron chi connectivity index (χ1n) is 8.24. The van der Waals surface area contributed by atoms with Crippen LogP contribution in [0.4, 0.5) is 0 Å². The smallest absolute Gasteiger partial charge is 0.161 e. The molecule has 116 valence electrons. The van der Waals surface area contributed by atoms with E-state index in [9.17, 15) is 0 Å². The molecule has 1 aliphatic heterocycles. The summed E-state index contributed by atoms with van der Waals surface area (Å²) in [5.41, 5.74) is 4.26. The molecule has 3 N–H and O–H groups in total. The van der Waals surface area contributed by atoms with Crippen LogP contribution in [0, 0.1) is 5.92 Å². The molecule has 1 saturated carbocycles. The van der Waals surface area contributed by atoms with E-state index in [1.54, 1.807) is 0 Å². The van der Waals surface area contributed by atoms with Crippen LogP contribution >= 0.6 is 0 Å². The summed E-state index contributed by atoms with van der Waals surface area (Å²) in [7, 11) is 0. The summed E-state index contributed by atoms with van der Waals surface area (Å²) in [5, 5.41) is 0. The highest BCUT2D eigenvalue weighted by molar-refractivity contribution is 5.44. The molecule has 1 aromatic rings. The molecule has 1 heterocycles. The normalized spacial score (nSPS) is 21.4. The molecular weight excluding hydrogens is 264 g/mol. The zero-order valence-corrected chi connectivity index (χ0v) is 12.6. The molecular formula is C17H26N2O2. The summed E-state index contributed by atoms with van der Waals surface area (Å²) in [4.78, 5) is 0. The van der Waals surface area contributed by atoms with Crippen LogP contribution in [0.2, 0.25) is 0 Å². The first-order chi connectivity index (χ1) is 10.4. The Bertz CT molecular complexity index is 456. The van der Waals surface area contributed by atoms with E-state index in [2.05, 4.69) is 17.6 Å². The predicted molar refractivity (Wildman–Crippen MR) is 83.3 cm³/mol. The van der Waals surface area contributed by atoms with Gasteiger partial charge in [0.1, 0.15) is 0 Å². The van der Waals surface area contributed by atoms with Gasteiger partial charge in [0, 0.05) is 12.5 Å². The molecule has 0 amide bonds. The van der Waals surface area contributed by atoms with Crippen LogP contribution in [0.3, 0.4) is 0 Å². The third-order valence-electron chi connectivity index (χ3n) is 4.68. The van der Waals surface area contributed by atoms with Gasteiger partial charge in [-0.1, -0.05) is 31.7 Å². The molecule has 0 saturated heterocycles. The number of hydrogen-bond acceptors (Lipinski definition) is 4. The van der Waals surface area contributed by atoms with Gasteiger partial charge in [0.2, 0.25) is 0 Å². The Hall–Kier alpha value is -1.26. The molecule has 1 aromatic carbocycles. The Morgan fingerprint density at radius 1 is 0.952 bits per heavy atom. The third-order valence-corrected chi connectivity index (χ3v) is 4.68. The van der Waals surface area contributed by atoms with E-state index in [4.69, 9.17) is 15.3 Å². The topological polar surface area (TPSA) is 56.5 Å². The van der Waals surface area contributed by atoms with E-state index in [1.807, 2.05) is 6.07 Å². The van der Waals surface area contributed by atoms with Crippen LogP contribution in [0.1, 0.15) is 56.6 Å². The van der Waals surface area contributed by atoms with Crippen molar-refractivity contribution in [2.75, 3.05) is 13.2 Å². The highest BCUT2D eigenvalue weighted by Crippen LogP contribution is 2.37. The molecule has 4 nitrogen and oxygen atoms in total. The van der Waals surface area contributed by atoms with Gasteiger partial charge in [-0.25, -0.2) is 0 Å². The fraction of sp³-hybridized carbons (Fsp3) is 0.647. The van der Waals surface area contributed by atoms with E-state index >= 15 is 0 Å². The Morgan fingerprint density at radius 2 is 1.67 bits per heavy atom. The lowest BCUT2D eigenvalue weighted by molar-refractivity contribution is 0.296. The van der Waals surface area contributed by atoms with Gasteiger partial charge in [0.15, 0.2) is 11.5 Å². The number of hydrazine groups is 1. The first kappa shape index (κ1) is 14.7. The van der Waals surface area contributed by atoms with E-state index < -0.39 is 0 Å². The lowest BCUT2D eigenvalue weighted by Gasteiger charge is -2.26. The summed E-state index contributed by atoms with van der Waals surface area (Å²) in [5.74, 6) is 8.20. The third kappa shape index (κ3) is 3.50. The van der Waals surface area contributed by atoms with Gasteiger partial charge in [-0.2, -0.15) is 0 Å².